The van der Waals surface area contributed by atoms with Crippen molar-refractivity contribution in [1.82, 2.24) is 15.3 Å². The summed E-state index contributed by atoms with van der Waals surface area (Å²) in [6, 6.07) is 1.03. The van der Waals surface area contributed by atoms with Crippen molar-refractivity contribution in [2.24, 2.45) is 0 Å². The number of aryl methyl sites for hydroxylation is 1. The van der Waals surface area contributed by atoms with Gasteiger partial charge in [0.1, 0.15) is 0 Å². The van der Waals surface area contributed by atoms with E-state index >= 15 is 0 Å². The number of quaternary nitrogens is 2. The first-order valence-electron chi connectivity index (χ1n) is 9.60. The number of hydrogen-bond donors (Lipinski definition) is 5. The number of hydrogen-bond acceptors (Lipinski definition) is 3. The van der Waals surface area contributed by atoms with Crippen molar-refractivity contribution in [3.8, 4) is 0 Å². The van der Waals surface area contributed by atoms with E-state index in [0.717, 1.165) is 13.0 Å². The molecular weight excluding hydrogens is 332 g/mol. The predicted molar refractivity (Wildman–Crippen MR) is 104 cm³/mol. The average molecular weight is 369 g/mol. The van der Waals surface area contributed by atoms with Gasteiger partial charge in [0.2, 0.25) is 5.95 Å². The molecule has 1 aromatic rings. The monoisotopic (exact) mass is 368 g/mol. The lowest BCUT2D eigenvalue weighted by Gasteiger charge is -2.14. The Morgan fingerprint density at radius 1 is 1.08 bits per heavy atom. The van der Waals surface area contributed by atoms with Crippen molar-refractivity contribution < 1.29 is 14.6 Å². The third-order valence-corrected chi connectivity index (χ3v) is 4.20. The number of nitrogens with zero attached hydrogens (tertiary/aromatic N) is 1. The van der Waals surface area contributed by atoms with Crippen LogP contribution in [0.15, 0.2) is 10.9 Å². The van der Waals surface area contributed by atoms with Gasteiger partial charge in [0.15, 0.2) is 0 Å². The van der Waals surface area contributed by atoms with Gasteiger partial charge < -0.3 is 15.1 Å². The Morgan fingerprint density at radius 3 is 2.38 bits per heavy atom. The number of amides is 2. The van der Waals surface area contributed by atoms with E-state index in [9.17, 15) is 9.59 Å². The molecule has 8 heteroatoms. The van der Waals surface area contributed by atoms with Crippen LogP contribution in [0.5, 0.6) is 0 Å². The number of carbonyl (C=O) groups is 1. The van der Waals surface area contributed by atoms with Gasteiger partial charge in [-0.3, -0.25) is 15.1 Å². The molecule has 2 amide bonds. The van der Waals surface area contributed by atoms with Gasteiger partial charge in [-0.05, 0) is 32.6 Å². The summed E-state index contributed by atoms with van der Waals surface area (Å²) in [5.74, 6) is 0.172. The largest absolute Gasteiger partial charge is 0.340 e. The molecule has 0 aliphatic heterocycles. The fourth-order valence-electron chi connectivity index (χ4n) is 2.77. The van der Waals surface area contributed by atoms with Crippen LogP contribution in [-0.4, -0.2) is 63.3 Å². The molecule has 8 nitrogen and oxygen atoms in total. The van der Waals surface area contributed by atoms with E-state index in [4.69, 9.17) is 0 Å². The lowest BCUT2D eigenvalue weighted by atomic mass is 10.2. The molecule has 26 heavy (non-hydrogen) atoms. The first-order valence-corrected chi connectivity index (χ1v) is 9.60. The minimum Gasteiger partial charge on any atom is -0.340 e. The highest BCUT2D eigenvalue weighted by atomic mass is 16.2. The topological polar surface area (TPSA) is 95.8 Å². The van der Waals surface area contributed by atoms with Crippen LogP contribution in [-0.2, 0) is 0 Å². The molecule has 0 saturated heterocycles. The number of H-pyrrole nitrogens is 1. The van der Waals surface area contributed by atoms with Gasteiger partial charge >= 0.3 is 6.03 Å². The van der Waals surface area contributed by atoms with Gasteiger partial charge in [0, 0.05) is 24.7 Å². The number of unbranched alkanes of at least 4 members (excludes halogenated alkanes) is 3. The van der Waals surface area contributed by atoms with E-state index < -0.39 is 0 Å². The highest BCUT2D eigenvalue weighted by Crippen LogP contribution is 1.96. The number of anilines is 1. The summed E-state index contributed by atoms with van der Waals surface area (Å²) in [5, 5.41) is 5.34. The van der Waals surface area contributed by atoms with E-state index in [-0.39, 0.29) is 17.5 Å². The molecule has 5 N–H and O–H groups in total. The predicted octanol–water partition coefficient (Wildman–Crippen LogP) is -1.19. The van der Waals surface area contributed by atoms with Crippen LogP contribution >= 0.6 is 0 Å². The Labute approximate surface area is 156 Å². The first kappa shape index (κ1) is 22.1. The summed E-state index contributed by atoms with van der Waals surface area (Å²) in [5.41, 5.74) is 0.290. The van der Waals surface area contributed by atoms with Crippen molar-refractivity contribution in [3.63, 3.8) is 0 Å². The lowest BCUT2D eigenvalue weighted by Crippen LogP contribution is -3.09. The molecule has 0 bridgehead atoms. The van der Waals surface area contributed by atoms with Gasteiger partial charge in [0.05, 0.1) is 40.8 Å². The highest BCUT2D eigenvalue weighted by Gasteiger charge is 2.06. The van der Waals surface area contributed by atoms with Crippen LogP contribution in [0.2, 0.25) is 0 Å². The molecule has 1 aromatic heterocycles. The van der Waals surface area contributed by atoms with Gasteiger partial charge in [-0.25, -0.2) is 9.78 Å². The normalized spacial score (nSPS) is 12.2. The molecule has 148 valence electrons. The Kier molecular flexibility index (Phi) is 10.6. The second-order valence-electron chi connectivity index (χ2n) is 7.30. The van der Waals surface area contributed by atoms with Gasteiger partial charge in [0.25, 0.3) is 5.56 Å². The first-order chi connectivity index (χ1) is 12.4. The third-order valence-electron chi connectivity index (χ3n) is 4.20. The third kappa shape index (κ3) is 10.8. The zero-order valence-corrected chi connectivity index (χ0v) is 16.7. The summed E-state index contributed by atoms with van der Waals surface area (Å²) in [6.45, 7) is 5.77. The van der Waals surface area contributed by atoms with E-state index in [1.165, 1.54) is 54.6 Å². The number of aromatic amines is 1. The number of aromatic nitrogens is 2. The quantitative estimate of drug-likeness (QED) is 0.300. The van der Waals surface area contributed by atoms with Crippen LogP contribution in [0.1, 0.15) is 37.8 Å². The second kappa shape index (κ2) is 12.4. The molecule has 1 unspecified atom stereocenters. The molecule has 0 aromatic carbocycles. The molecule has 1 heterocycles. The number of rotatable bonds is 12. The fourth-order valence-corrected chi connectivity index (χ4v) is 2.77. The van der Waals surface area contributed by atoms with E-state index in [2.05, 4.69) is 41.7 Å². The molecule has 0 saturated carbocycles. The summed E-state index contributed by atoms with van der Waals surface area (Å²) < 4.78 is 0. The summed E-state index contributed by atoms with van der Waals surface area (Å²) in [6.07, 6.45) is 6.10. The maximum absolute atomic E-state index is 11.8. The molecule has 0 aliphatic carbocycles. The zero-order valence-electron chi connectivity index (χ0n) is 16.7. The Bertz CT molecular complexity index is 587. The van der Waals surface area contributed by atoms with Gasteiger partial charge in [-0.2, -0.15) is 0 Å². The van der Waals surface area contributed by atoms with Crippen molar-refractivity contribution in [1.29, 1.82) is 0 Å². The SMILES string of the molecule is Cc1cc(=O)[nH]c(NC(=O)NCCC[NH+](C)CCCCCC[NH+](C)C)n1. The van der Waals surface area contributed by atoms with Crippen molar-refractivity contribution in [2.75, 3.05) is 52.6 Å². The minimum absolute atomic E-state index is 0.172. The van der Waals surface area contributed by atoms with Crippen LogP contribution in [0.4, 0.5) is 10.7 Å². The summed E-state index contributed by atoms with van der Waals surface area (Å²) in [4.78, 5) is 32.7. The standard InChI is InChI=1S/C18H34N6O2/c1-15-14-16(25)21-17(20-15)22-18(26)19-10-9-13-24(4)12-8-6-5-7-11-23(2)3/h14H,5-13H2,1-4H3,(H3,19,20,21,22,25,26)/p+2. The van der Waals surface area contributed by atoms with Crippen molar-refractivity contribution in [3.05, 3.63) is 22.1 Å². The Balaban J connectivity index is 2.06. The molecule has 0 fully saturated rings. The maximum Gasteiger partial charge on any atom is 0.321 e. The smallest absolute Gasteiger partial charge is 0.321 e. The Morgan fingerprint density at radius 2 is 1.73 bits per heavy atom. The van der Waals surface area contributed by atoms with E-state index in [1.807, 2.05) is 0 Å². The van der Waals surface area contributed by atoms with Crippen LogP contribution in [0, 0.1) is 6.92 Å². The lowest BCUT2D eigenvalue weighted by molar-refractivity contribution is -0.880. The maximum atomic E-state index is 11.8. The second-order valence-corrected chi connectivity index (χ2v) is 7.30. The number of urea groups is 1. The van der Waals surface area contributed by atoms with Crippen LogP contribution in [0.25, 0.3) is 0 Å². The number of nitrogens with one attached hydrogen (secondary N) is 5. The molecule has 1 rings (SSSR count). The van der Waals surface area contributed by atoms with Crippen LogP contribution in [0.3, 0.4) is 0 Å². The molecule has 0 radical (unpaired) electrons. The van der Waals surface area contributed by atoms with E-state index in [0.29, 0.717) is 12.2 Å². The van der Waals surface area contributed by atoms with E-state index in [1.54, 1.807) is 6.92 Å². The summed E-state index contributed by atoms with van der Waals surface area (Å²) in [7, 11) is 6.59. The average Bonchev–Trinajstić information content (AvgIpc) is 2.53. The summed E-state index contributed by atoms with van der Waals surface area (Å²) >= 11 is 0. The fraction of sp³-hybridized carbons (Fsp3) is 0.722. The highest BCUT2D eigenvalue weighted by molar-refractivity contribution is 5.87. The molecule has 1 atom stereocenters. The molecular formula is C18H36N6O2+2. The van der Waals surface area contributed by atoms with Crippen molar-refractivity contribution in [2.45, 2.75) is 39.0 Å². The van der Waals surface area contributed by atoms with Gasteiger partial charge in [-0.1, -0.05) is 0 Å². The molecule has 0 aliphatic rings. The minimum atomic E-state index is -0.348. The van der Waals surface area contributed by atoms with Crippen molar-refractivity contribution >= 4 is 12.0 Å². The number of carbonyl (C=O) groups excluding carboxylic acids is 1. The Hall–Kier alpha value is -1.93. The van der Waals surface area contributed by atoms with Crippen LogP contribution < -0.4 is 26.0 Å². The molecule has 0 spiro atoms. The van der Waals surface area contributed by atoms with Gasteiger partial charge in [-0.15, -0.1) is 0 Å². The zero-order chi connectivity index (χ0) is 19.4.